The van der Waals surface area contributed by atoms with E-state index in [0.29, 0.717) is 0 Å². The number of carbonyl (C=O) groups is 1. The van der Waals surface area contributed by atoms with Crippen LogP contribution in [-0.4, -0.2) is 22.3 Å². The van der Waals surface area contributed by atoms with Crippen LogP contribution in [-0.2, 0) is 0 Å². The largest absolute Gasteiger partial charge is 0.504 e. The van der Waals surface area contributed by atoms with Gasteiger partial charge in [0, 0.05) is 11.8 Å². The van der Waals surface area contributed by atoms with Gasteiger partial charge >= 0.3 is 0 Å². The van der Waals surface area contributed by atoms with Gasteiger partial charge in [-0.2, -0.15) is 5.10 Å². The second-order valence-electron chi connectivity index (χ2n) is 4.89. The van der Waals surface area contributed by atoms with E-state index >= 15 is 0 Å². The van der Waals surface area contributed by atoms with E-state index in [9.17, 15) is 15.0 Å². The predicted octanol–water partition coefficient (Wildman–Crippen LogP) is 2.51. The molecule has 0 aliphatic rings. The van der Waals surface area contributed by atoms with E-state index in [2.05, 4.69) is 10.5 Å². The zero-order chi connectivity index (χ0) is 13.9. The fourth-order valence-electron chi connectivity index (χ4n) is 1.06. The van der Waals surface area contributed by atoms with E-state index < -0.39 is 17.4 Å². The van der Waals surface area contributed by atoms with Crippen LogP contribution in [0.25, 0.3) is 0 Å². The summed E-state index contributed by atoms with van der Waals surface area (Å²) < 4.78 is 0. The molecule has 6 heteroatoms. The summed E-state index contributed by atoms with van der Waals surface area (Å²) in [5.74, 6) is -1.42. The number of rotatable bonds is 2. The highest BCUT2D eigenvalue weighted by atomic mass is 35.5. The topological polar surface area (TPSA) is 81.9 Å². The Morgan fingerprint density at radius 1 is 1.39 bits per heavy atom. The highest BCUT2D eigenvalue weighted by Gasteiger charge is 2.12. The number of amides is 1. The number of phenols is 2. The number of hydrogen-bond acceptors (Lipinski definition) is 4. The molecule has 0 spiro atoms. The van der Waals surface area contributed by atoms with Crippen LogP contribution in [0, 0.1) is 5.41 Å². The molecule has 5 nitrogen and oxygen atoms in total. The Bertz CT molecular complexity index is 470. The van der Waals surface area contributed by atoms with Crippen LogP contribution in [0.4, 0.5) is 0 Å². The third-order valence-electron chi connectivity index (χ3n) is 1.92. The fraction of sp³-hybridized carbons (Fsp3) is 0.333. The first-order valence-corrected chi connectivity index (χ1v) is 5.64. The Morgan fingerprint density at radius 3 is 2.50 bits per heavy atom. The first-order chi connectivity index (χ1) is 8.20. The lowest BCUT2D eigenvalue weighted by Crippen LogP contribution is -2.19. The highest BCUT2D eigenvalue weighted by molar-refractivity contribution is 6.32. The lowest BCUT2D eigenvalue weighted by molar-refractivity contribution is 0.0954. The van der Waals surface area contributed by atoms with Crippen molar-refractivity contribution in [3.8, 4) is 11.5 Å². The maximum Gasteiger partial charge on any atom is 0.271 e. The van der Waals surface area contributed by atoms with Crippen LogP contribution in [0.15, 0.2) is 17.2 Å². The van der Waals surface area contributed by atoms with Gasteiger partial charge in [-0.25, -0.2) is 5.43 Å². The summed E-state index contributed by atoms with van der Waals surface area (Å²) >= 11 is 5.64. The summed E-state index contributed by atoms with van der Waals surface area (Å²) in [6, 6.07) is 2.36. The van der Waals surface area contributed by atoms with Gasteiger partial charge in [0.15, 0.2) is 11.5 Å². The van der Waals surface area contributed by atoms with Crippen molar-refractivity contribution in [2.75, 3.05) is 0 Å². The standard InChI is InChI=1S/C12H15ClN2O3/c1-12(2,3)6-14-15-11(18)7-4-8(13)10(17)9(16)5-7/h4-6,16-17H,1-3H3,(H,15,18)/b14-6+. The molecule has 0 saturated heterocycles. The molecule has 3 N–H and O–H groups in total. The smallest absolute Gasteiger partial charge is 0.271 e. The summed E-state index contributed by atoms with van der Waals surface area (Å²) in [6.45, 7) is 5.81. The monoisotopic (exact) mass is 270 g/mol. The Morgan fingerprint density at radius 2 is 2.00 bits per heavy atom. The van der Waals surface area contributed by atoms with Crippen molar-refractivity contribution >= 4 is 23.7 Å². The van der Waals surface area contributed by atoms with Crippen molar-refractivity contribution in [2.45, 2.75) is 20.8 Å². The van der Waals surface area contributed by atoms with Crippen molar-refractivity contribution in [3.63, 3.8) is 0 Å². The molecule has 0 unspecified atom stereocenters. The van der Waals surface area contributed by atoms with Gasteiger partial charge in [0.2, 0.25) is 0 Å². The quantitative estimate of drug-likeness (QED) is 0.439. The maximum atomic E-state index is 11.7. The minimum Gasteiger partial charge on any atom is -0.504 e. The molecule has 0 heterocycles. The Kier molecular flexibility index (Phi) is 4.19. The van der Waals surface area contributed by atoms with Gasteiger partial charge in [0.1, 0.15) is 0 Å². The van der Waals surface area contributed by atoms with Crippen LogP contribution in [0.3, 0.4) is 0 Å². The van der Waals surface area contributed by atoms with E-state index in [1.165, 1.54) is 6.07 Å². The number of halogens is 1. The SMILES string of the molecule is CC(C)(C)/C=N/NC(=O)c1cc(O)c(O)c(Cl)c1. The molecular formula is C12H15ClN2O3. The molecule has 0 bridgehead atoms. The summed E-state index contributed by atoms with van der Waals surface area (Å²) in [4.78, 5) is 11.7. The summed E-state index contributed by atoms with van der Waals surface area (Å²) in [6.07, 6.45) is 1.59. The molecule has 0 aliphatic heterocycles. The molecule has 18 heavy (non-hydrogen) atoms. The van der Waals surface area contributed by atoms with E-state index in [1.54, 1.807) is 6.21 Å². The van der Waals surface area contributed by atoms with E-state index in [-0.39, 0.29) is 16.0 Å². The lowest BCUT2D eigenvalue weighted by Gasteiger charge is -2.10. The van der Waals surface area contributed by atoms with E-state index in [0.717, 1.165) is 6.07 Å². The van der Waals surface area contributed by atoms with E-state index in [4.69, 9.17) is 11.6 Å². The number of nitrogens with zero attached hydrogens (tertiary/aromatic N) is 1. The van der Waals surface area contributed by atoms with Crippen molar-refractivity contribution in [1.82, 2.24) is 5.43 Å². The van der Waals surface area contributed by atoms with Crippen molar-refractivity contribution in [1.29, 1.82) is 0 Å². The number of aromatic hydroxyl groups is 2. The normalized spacial score (nSPS) is 11.8. The Hall–Kier alpha value is -1.75. The predicted molar refractivity (Wildman–Crippen MR) is 70.2 cm³/mol. The van der Waals surface area contributed by atoms with Crippen LogP contribution in [0.5, 0.6) is 11.5 Å². The second kappa shape index (κ2) is 5.27. The van der Waals surface area contributed by atoms with Gasteiger partial charge in [-0.1, -0.05) is 32.4 Å². The van der Waals surface area contributed by atoms with Gasteiger partial charge in [-0.15, -0.1) is 0 Å². The van der Waals surface area contributed by atoms with Gasteiger partial charge in [0.05, 0.1) is 5.02 Å². The van der Waals surface area contributed by atoms with E-state index in [1.807, 2.05) is 20.8 Å². The number of hydrazone groups is 1. The molecular weight excluding hydrogens is 256 g/mol. The van der Waals surface area contributed by atoms with Crippen LogP contribution >= 0.6 is 11.6 Å². The van der Waals surface area contributed by atoms with Crippen LogP contribution in [0.1, 0.15) is 31.1 Å². The third kappa shape index (κ3) is 3.92. The number of phenolic OH excluding ortho intramolecular Hbond substituents is 2. The first kappa shape index (κ1) is 14.3. The minimum absolute atomic E-state index is 0.0973. The minimum atomic E-state index is -0.521. The van der Waals surface area contributed by atoms with Gasteiger partial charge < -0.3 is 10.2 Å². The lowest BCUT2D eigenvalue weighted by atomic mass is 9.99. The number of hydrogen-bond donors (Lipinski definition) is 3. The zero-order valence-corrected chi connectivity index (χ0v) is 11.1. The average molecular weight is 271 g/mol. The average Bonchev–Trinajstić information content (AvgIpc) is 2.23. The molecule has 1 aromatic rings. The van der Waals surface area contributed by atoms with Gasteiger partial charge in [-0.3, -0.25) is 4.79 Å². The van der Waals surface area contributed by atoms with Crippen molar-refractivity contribution in [2.24, 2.45) is 10.5 Å². The molecule has 98 valence electrons. The van der Waals surface area contributed by atoms with Crippen LogP contribution in [0.2, 0.25) is 5.02 Å². The third-order valence-corrected chi connectivity index (χ3v) is 2.21. The zero-order valence-electron chi connectivity index (χ0n) is 10.4. The molecule has 0 atom stereocenters. The van der Waals surface area contributed by atoms with Crippen LogP contribution < -0.4 is 5.43 Å². The Balaban J connectivity index is 2.83. The van der Waals surface area contributed by atoms with Crippen molar-refractivity contribution in [3.05, 3.63) is 22.7 Å². The molecule has 0 fully saturated rings. The first-order valence-electron chi connectivity index (χ1n) is 5.27. The molecule has 0 radical (unpaired) electrons. The number of benzene rings is 1. The second-order valence-corrected chi connectivity index (χ2v) is 5.30. The summed E-state index contributed by atoms with van der Waals surface area (Å²) in [5.41, 5.74) is 2.27. The highest BCUT2D eigenvalue weighted by Crippen LogP contribution is 2.33. The van der Waals surface area contributed by atoms with Gasteiger partial charge in [0.25, 0.3) is 5.91 Å². The number of carbonyl (C=O) groups excluding carboxylic acids is 1. The number of nitrogens with one attached hydrogen (secondary N) is 1. The fourth-order valence-corrected chi connectivity index (χ4v) is 1.28. The molecule has 0 saturated carbocycles. The van der Waals surface area contributed by atoms with Gasteiger partial charge in [-0.05, 0) is 17.5 Å². The maximum absolute atomic E-state index is 11.7. The van der Waals surface area contributed by atoms with Crippen molar-refractivity contribution < 1.29 is 15.0 Å². The molecule has 1 amide bonds. The molecule has 1 rings (SSSR count). The molecule has 1 aromatic carbocycles. The summed E-state index contributed by atoms with van der Waals surface area (Å²) in [7, 11) is 0. The Labute approximate surface area is 110 Å². The molecule has 0 aliphatic carbocycles. The summed E-state index contributed by atoms with van der Waals surface area (Å²) in [5, 5.41) is 22.3. The molecule has 0 aromatic heterocycles.